The van der Waals surface area contributed by atoms with E-state index in [2.05, 4.69) is 25.7 Å². The van der Waals surface area contributed by atoms with Gasteiger partial charge >= 0.3 is 6.18 Å². The SMILES string of the molecule is Cn1nc(C2CC2)c2c1OCC1COCC1Nc1nc(ncc1C(F)(F)F)N2. The van der Waals surface area contributed by atoms with Gasteiger partial charge in [0.15, 0.2) is 0 Å². The molecule has 5 rings (SSSR count). The number of nitrogens with one attached hydrogen (secondary N) is 2. The minimum absolute atomic E-state index is 0.0626. The van der Waals surface area contributed by atoms with E-state index in [1.807, 2.05) is 0 Å². The van der Waals surface area contributed by atoms with E-state index in [-0.39, 0.29) is 30.3 Å². The first-order valence-electron chi connectivity index (χ1n) is 9.15. The Bertz CT molecular complexity index is 911. The van der Waals surface area contributed by atoms with E-state index >= 15 is 0 Å². The maximum atomic E-state index is 13.4. The monoisotopic (exact) mass is 396 g/mol. The van der Waals surface area contributed by atoms with Crippen LogP contribution in [0.4, 0.5) is 30.6 Å². The topological polar surface area (TPSA) is 86.1 Å². The Balaban J connectivity index is 1.62. The summed E-state index contributed by atoms with van der Waals surface area (Å²) in [7, 11) is 1.78. The fourth-order valence-corrected chi connectivity index (χ4v) is 3.61. The zero-order chi connectivity index (χ0) is 19.5. The van der Waals surface area contributed by atoms with Crippen molar-refractivity contribution in [2.24, 2.45) is 13.0 Å². The van der Waals surface area contributed by atoms with Crippen LogP contribution in [0, 0.1) is 5.92 Å². The summed E-state index contributed by atoms with van der Waals surface area (Å²) in [6.45, 7) is 0.970. The van der Waals surface area contributed by atoms with E-state index in [0.717, 1.165) is 24.7 Å². The van der Waals surface area contributed by atoms with Gasteiger partial charge in [-0.15, -0.1) is 0 Å². The summed E-state index contributed by atoms with van der Waals surface area (Å²) in [4.78, 5) is 8.02. The van der Waals surface area contributed by atoms with Gasteiger partial charge in [-0.3, -0.25) is 0 Å². The van der Waals surface area contributed by atoms with Gasteiger partial charge in [-0.25, -0.2) is 9.67 Å². The van der Waals surface area contributed by atoms with Crippen molar-refractivity contribution in [1.29, 1.82) is 0 Å². The van der Waals surface area contributed by atoms with Crippen LogP contribution in [0.25, 0.3) is 0 Å². The number of rotatable bonds is 1. The molecule has 2 unspecified atom stereocenters. The third kappa shape index (κ3) is 3.03. The molecule has 2 N–H and O–H groups in total. The van der Waals surface area contributed by atoms with Gasteiger partial charge in [-0.2, -0.15) is 23.3 Å². The van der Waals surface area contributed by atoms with Crippen LogP contribution in [0.1, 0.15) is 30.0 Å². The quantitative estimate of drug-likeness (QED) is 0.766. The van der Waals surface area contributed by atoms with Crippen molar-refractivity contribution in [1.82, 2.24) is 19.7 Å². The zero-order valence-corrected chi connectivity index (χ0v) is 15.1. The lowest BCUT2D eigenvalue weighted by Crippen LogP contribution is -2.33. The van der Waals surface area contributed by atoms with E-state index in [1.54, 1.807) is 11.7 Å². The molecule has 150 valence electrons. The second-order valence-electron chi connectivity index (χ2n) is 7.40. The van der Waals surface area contributed by atoms with Crippen LogP contribution in [0.5, 0.6) is 5.88 Å². The van der Waals surface area contributed by atoms with Crippen LogP contribution in [-0.4, -0.2) is 45.6 Å². The molecule has 0 spiro atoms. The van der Waals surface area contributed by atoms with Gasteiger partial charge in [0.05, 0.1) is 31.6 Å². The summed E-state index contributed by atoms with van der Waals surface area (Å²) in [5.41, 5.74) is 0.541. The highest BCUT2D eigenvalue weighted by atomic mass is 19.4. The van der Waals surface area contributed by atoms with E-state index < -0.39 is 11.7 Å². The number of aromatic nitrogens is 4. The number of hydrogen-bond donors (Lipinski definition) is 2. The fraction of sp³-hybridized carbons (Fsp3) is 0.588. The van der Waals surface area contributed by atoms with Gasteiger partial charge in [0.25, 0.3) is 0 Å². The van der Waals surface area contributed by atoms with Crippen molar-refractivity contribution >= 4 is 17.5 Å². The number of halogens is 3. The van der Waals surface area contributed by atoms with Crippen LogP contribution in [0.2, 0.25) is 0 Å². The molecule has 1 saturated heterocycles. The van der Waals surface area contributed by atoms with E-state index in [9.17, 15) is 13.2 Å². The Hall–Kier alpha value is -2.56. The number of anilines is 3. The highest BCUT2D eigenvalue weighted by Crippen LogP contribution is 2.46. The van der Waals surface area contributed by atoms with Gasteiger partial charge in [-0.05, 0) is 12.8 Å². The average molecular weight is 396 g/mol. The Morgan fingerprint density at radius 2 is 2.04 bits per heavy atom. The summed E-state index contributed by atoms with van der Waals surface area (Å²) in [5, 5.41) is 10.5. The number of fused-ring (bicyclic) bond motifs is 4. The minimum atomic E-state index is -4.56. The molecule has 2 atom stereocenters. The molecule has 0 radical (unpaired) electrons. The van der Waals surface area contributed by atoms with Crippen molar-refractivity contribution in [3.05, 3.63) is 17.5 Å². The first kappa shape index (κ1) is 17.5. The van der Waals surface area contributed by atoms with Crippen LogP contribution in [0.15, 0.2) is 6.20 Å². The highest BCUT2D eigenvalue weighted by molar-refractivity contribution is 5.66. The molecule has 2 aromatic rings. The van der Waals surface area contributed by atoms with Gasteiger partial charge in [-0.1, -0.05) is 0 Å². The lowest BCUT2D eigenvalue weighted by Gasteiger charge is -2.21. The number of hydrogen-bond acceptors (Lipinski definition) is 7. The van der Waals surface area contributed by atoms with E-state index in [0.29, 0.717) is 30.7 Å². The molecule has 2 fully saturated rings. The Kier molecular flexibility index (Phi) is 3.90. The smallest absolute Gasteiger partial charge is 0.421 e. The summed E-state index contributed by atoms with van der Waals surface area (Å²) < 4.78 is 53.5. The molecule has 1 saturated carbocycles. The molecule has 28 heavy (non-hydrogen) atoms. The lowest BCUT2D eigenvalue weighted by molar-refractivity contribution is -0.137. The molecule has 4 heterocycles. The van der Waals surface area contributed by atoms with Gasteiger partial charge in [0, 0.05) is 25.1 Å². The largest absolute Gasteiger partial charge is 0.476 e. The van der Waals surface area contributed by atoms with Gasteiger partial charge in [0.2, 0.25) is 11.8 Å². The minimum Gasteiger partial charge on any atom is -0.476 e. The normalized spacial score (nSPS) is 24.3. The van der Waals surface area contributed by atoms with Crippen molar-refractivity contribution < 1.29 is 22.6 Å². The molecular formula is C17H19F3N6O2. The van der Waals surface area contributed by atoms with Crippen molar-refractivity contribution in [3.63, 3.8) is 0 Å². The predicted molar refractivity (Wildman–Crippen MR) is 92.7 cm³/mol. The third-order valence-electron chi connectivity index (χ3n) is 5.27. The molecule has 2 aliphatic heterocycles. The first-order valence-corrected chi connectivity index (χ1v) is 9.15. The second kappa shape index (κ2) is 6.23. The molecule has 1 aliphatic carbocycles. The maximum absolute atomic E-state index is 13.4. The van der Waals surface area contributed by atoms with Crippen LogP contribution < -0.4 is 15.4 Å². The molecule has 0 amide bonds. The average Bonchev–Trinajstić information content (AvgIpc) is 3.31. The van der Waals surface area contributed by atoms with E-state index in [4.69, 9.17) is 9.47 Å². The number of ether oxygens (including phenoxy) is 2. The Labute approximate surface area is 158 Å². The fourth-order valence-electron chi connectivity index (χ4n) is 3.61. The molecule has 2 aromatic heterocycles. The third-order valence-corrected chi connectivity index (χ3v) is 5.27. The number of alkyl halides is 3. The molecule has 3 aliphatic rings. The molecular weight excluding hydrogens is 377 g/mol. The van der Waals surface area contributed by atoms with Crippen molar-refractivity contribution in [2.75, 3.05) is 30.5 Å². The summed E-state index contributed by atoms with van der Waals surface area (Å²) in [6.07, 6.45) is -1.73. The van der Waals surface area contributed by atoms with Crippen molar-refractivity contribution in [2.45, 2.75) is 31.0 Å². The van der Waals surface area contributed by atoms with Gasteiger partial charge in [0.1, 0.15) is 17.1 Å². The number of aryl methyl sites for hydroxylation is 1. The zero-order valence-electron chi connectivity index (χ0n) is 15.1. The van der Waals surface area contributed by atoms with Crippen molar-refractivity contribution in [3.8, 4) is 5.88 Å². The Morgan fingerprint density at radius 1 is 1.21 bits per heavy atom. The maximum Gasteiger partial charge on any atom is 0.421 e. The first-order chi connectivity index (χ1) is 13.4. The number of nitrogens with zero attached hydrogens (tertiary/aromatic N) is 4. The molecule has 8 nitrogen and oxygen atoms in total. The van der Waals surface area contributed by atoms with Crippen LogP contribution in [-0.2, 0) is 18.0 Å². The summed E-state index contributed by atoms with van der Waals surface area (Å²) in [5.74, 6) is 0.522. The standard InChI is InChI=1S/C17H19F3N6O2/c1-26-15-13(12(25-26)8-2-3-8)23-16-21-4-10(17(18,19)20)14(24-16)22-11-7-27-5-9(11)6-28-15/h4,8-9,11H,2-3,5-7H2,1H3,(H2,21,22,23,24). The summed E-state index contributed by atoms with van der Waals surface area (Å²) in [6, 6.07) is -0.346. The predicted octanol–water partition coefficient (Wildman–Crippen LogP) is 2.67. The second-order valence-corrected chi connectivity index (χ2v) is 7.40. The Morgan fingerprint density at radius 3 is 2.79 bits per heavy atom. The molecule has 11 heteroatoms. The van der Waals surface area contributed by atoms with Crippen LogP contribution in [0.3, 0.4) is 0 Å². The molecule has 0 aromatic carbocycles. The highest BCUT2D eigenvalue weighted by Gasteiger charge is 2.39. The summed E-state index contributed by atoms with van der Waals surface area (Å²) >= 11 is 0. The van der Waals surface area contributed by atoms with Gasteiger partial charge < -0.3 is 20.1 Å². The van der Waals surface area contributed by atoms with Crippen LogP contribution >= 0.6 is 0 Å². The van der Waals surface area contributed by atoms with E-state index in [1.165, 1.54) is 0 Å². The molecule has 2 bridgehead atoms. The lowest BCUT2D eigenvalue weighted by atomic mass is 10.0.